The molecule has 0 bridgehead atoms. The Morgan fingerprint density at radius 1 is 1.22 bits per heavy atom. The van der Waals surface area contributed by atoms with Crippen molar-refractivity contribution in [3.05, 3.63) is 30.3 Å². The van der Waals surface area contributed by atoms with Crippen LogP contribution >= 0.6 is 0 Å². The molecule has 0 saturated carbocycles. The number of hydrogen-bond acceptors (Lipinski definition) is 3. The predicted octanol–water partition coefficient (Wildman–Crippen LogP) is 1.36. The molecule has 1 aliphatic heterocycles. The number of nitriles is 1. The first kappa shape index (κ1) is 12.4. The average Bonchev–Trinajstić information content (AvgIpc) is 2.41. The molecule has 0 radical (unpaired) electrons. The van der Waals surface area contributed by atoms with Crippen LogP contribution in [0, 0.1) is 11.3 Å². The number of carbonyl (C=O) groups excluding carboxylic acids is 1. The van der Waals surface area contributed by atoms with Gasteiger partial charge in [-0.2, -0.15) is 5.26 Å². The van der Waals surface area contributed by atoms with E-state index in [1.165, 1.54) is 0 Å². The summed E-state index contributed by atoms with van der Waals surface area (Å²) >= 11 is 0. The van der Waals surface area contributed by atoms with Crippen LogP contribution in [-0.2, 0) is 0 Å². The second kappa shape index (κ2) is 6.03. The number of nitrogens with zero attached hydrogens (tertiary/aromatic N) is 3. The average molecular weight is 244 g/mol. The van der Waals surface area contributed by atoms with Crippen LogP contribution in [-0.4, -0.2) is 48.6 Å². The summed E-state index contributed by atoms with van der Waals surface area (Å²) in [7, 11) is 0. The van der Waals surface area contributed by atoms with Crippen LogP contribution in [0.25, 0.3) is 0 Å². The molecule has 1 N–H and O–H groups in total. The molecule has 0 atom stereocenters. The molecule has 5 nitrogen and oxygen atoms in total. The van der Waals surface area contributed by atoms with Gasteiger partial charge >= 0.3 is 6.03 Å². The third kappa shape index (κ3) is 3.22. The largest absolute Gasteiger partial charge is 0.322 e. The zero-order valence-electron chi connectivity index (χ0n) is 10.2. The number of hydrogen-bond donors (Lipinski definition) is 1. The van der Waals surface area contributed by atoms with Crippen molar-refractivity contribution in [2.24, 2.45) is 0 Å². The highest BCUT2D eigenvalue weighted by molar-refractivity contribution is 5.89. The van der Waals surface area contributed by atoms with Crippen molar-refractivity contribution in [3.8, 4) is 6.07 Å². The lowest BCUT2D eigenvalue weighted by atomic mass is 10.3. The first-order chi connectivity index (χ1) is 8.79. The number of amides is 2. The lowest BCUT2D eigenvalue weighted by Crippen LogP contribution is -2.49. The molecule has 0 aliphatic carbocycles. The van der Waals surface area contributed by atoms with Gasteiger partial charge < -0.3 is 10.2 Å². The fourth-order valence-corrected chi connectivity index (χ4v) is 1.93. The van der Waals surface area contributed by atoms with Gasteiger partial charge in [0.25, 0.3) is 0 Å². The maximum atomic E-state index is 12.0. The zero-order chi connectivity index (χ0) is 12.8. The second-order valence-corrected chi connectivity index (χ2v) is 4.22. The molecule has 1 saturated heterocycles. The van der Waals surface area contributed by atoms with Crippen molar-refractivity contribution in [2.45, 2.75) is 0 Å². The summed E-state index contributed by atoms with van der Waals surface area (Å²) in [6.07, 6.45) is 0. The summed E-state index contributed by atoms with van der Waals surface area (Å²) in [5.74, 6) is 0. The lowest BCUT2D eigenvalue weighted by Gasteiger charge is -2.33. The highest BCUT2D eigenvalue weighted by Gasteiger charge is 2.20. The Bertz CT molecular complexity index is 432. The molecular formula is C13H16N4O. The van der Waals surface area contributed by atoms with Crippen LogP contribution in [0.15, 0.2) is 30.3 Å². The summed E-state index contributed by atoms with van der Waals surface area (Å²) < 4.78 is 0. The molecule has 0 spiro atoms. The van der Waals surface area contributed by atoms with Crippen LogP contribution in [0.3, 0.4) is 0 Å². The third-order valence-electron chi connectivity index (χ3n) is 2.98. The summed E-state index contributed by atoms with van der Waals surface area (Å²) in [4.78, 5) is 15.8. The van der Waals surface area contributed by atoms with Gasteiger partial charge in [-0.15, -0.1) is 0 Å². The Morgan fingerprint density at radius 2 is 1.89 bits per heavy atom. The number of benzene rings is 1. The Labute approximate surface area is 107 Å². The van der Waals surface area contributed by atoms with Crippen molar-refractivity contribution >= 4 is 11.7 Å². The van der Waals surface area contributed by atoms with Crippen molar-refractivity contribution in [3.63, 3.8) is 0 Å². The minimum Gasteiger partial charge on any atom is -0.322 e. The van der Waals surface area contributed by atoms with E-state index in [-0.39, 0.29) is 6.03 Å². The van der Waals surface area contributed by atoms with E-state index in [0.717, 1.165) is 18.8 Å². The van der Waals surface area contributed by atoms with Gasteiger partial charge in [0.15, 0.2) is 0 Å². The molecule has 1 fully saturated rings. The summed E-state index contributed by atoms with van der Waals surface area (Å²) in [5.41, 5.74) is 0.807. The first-order valence-corrected chi connectivity index (χ1v) is 6.00. The molecular weight excluding hydrogens is 228 g/mol. The molecule has 2 amide bonds. The molecule has 1 aromatic carbocycles. The maximum Gasteiger partial charge on any atom is 0.321 e. The van der Waals surface area contributed by atoms with E-state index in [9.17, 15) is 4.79 Å². The van der Waals surface area contributed by atoms with E-state index in [1.54, 1.807) is 4.90 Å². The molecule has 1 aromatic rings. The molecule has 94 valence electrons. The first-order valence-electron chi connectivity index (χ1n) is 6.00. The second-order valence-electron chi connectivity index (χ2n) is 4.22. The summed E-state index contributed by atoms with van der Waals surface area (Å²) in [6.45, 7) is 3.29. The van der Waals surface area contributed by atoms with Crippen LogP contribution in [0.1, 0.15) is 0 Å². The number of rotatable bonds is 2. The molecule has 1 heterocycles. The number of para-hydroxylation sites is 1. The quantitative estimate of drug-likeness (QED) is 0.799. The van der Waals surface area contributed by atoms with E-state index in [0.29, 0.717) is 19.6 Å². The van der Waals surface area contributed by atoms with Gasteiger partial charge in [-0.1, -0.05) is 18.2 Å². The van der Waals surface area contributed by atoms with Crippen LogP contribution < -0.4 is 5.32 Å². The van der Waals surface area contributed by atoms with E-state index in [1.807, 2.05) is 35.2 Å². The molecule has 0 unspecified atom stereocenters. The third-order valence-corrected chi connectivity index (χ3v) is 2.98. The van der Waals surface area contributed by atoms with Gasteiger partial charge in [-0.05, 0) is 12.1 Å². The number of anilines is 1. The van der Waals surface area contributed by atoms with Gasteiger partial charge in [-0.25, -0.2) is 4.79 Å². The fraction of sp³-hybridized carbons (Fsp3) is 0.385. The number of nitrogens with one attached hydrogen (secondary N) is 1. The van der Waals surface area contributed by atoms with E-state index >= 15 is 0 Å². The SMILES string of the molecule is N#CCN1CCN(C(=O)Nc2ccccc2)CC1. The Balaban J connectivity index is 1.83. The van der Waals surface area contributed by atoms with E-state index in [4.69, 9.17) is 5.26 Å². The van der Waals surface area contributed by atoms with E-state index in [2.05, 4.69) is 11.4 Å². The lowest BCUT2D eigenvalue weighted by molar-refractivity contribution is 0.156. The fourth-order valence-electron chi connectivity index (χ4n) is 1.93. The van der Waals surface area contributed by atoms with E-state index < -0.39 is 0 Å². The number of piperazine rings is 1. The minimum absolute atomic E-state index is 0.0715. The van der Waals surface area contributed by atoms with Crippen molar-refractivity contribution in [1.29, 1.82) is 5.26 Å². The van der Waals surface area contributed by atoms with Gasteiger partial charge in [0, 0.05) is 31.9 Å². The Hall–Kier alpha value is -2.06. The Morgan fingerprint density at radius 3 is 2.50 bits per heavy atom. The highest BCUT2D eigenvalue weighted by atomic mass is 16.2. The van der Waals surface area contributed by atoms with Crippen LogP contribution in [0.4, 0.5) is 10.5 Å². The number of carbonyl (C=O) groups is 1. The van der Waals surface area contributed by atoms with Crippen LogP contribution in [0.5, 0.6) is 0 Å². The van der Waals surface area contributed by atoms with Gasteiger partial charge in [0.2, 0.25) is 0 Å². The minimum atomic E-state index is -0.0715. The number of urea groups is 1. The summed E-state index contributed by atoms with van der Waals surface area (Å²) in [5, 5.41) is 11.5. The smallest absolute Gasteiger partial charge is 0.321 e. The highest BCUT2D eigenvalue weighted by Crippen LogP contribution is 2.08. The molecule has 18 heavy (non-hydrogen) atoms. The maximum absolute atomic E-state index is 12.0. The predicted molar refractivity (Wildman–Crippen MR) is 69.1 cm³/mol. The van der Waals surface area contributed by atoms with Gasteiger partial charge in [0.1, 0.15) is 0 Å². The van der Waals surface area contributed by atoms with Crippen molar-refractivity contribution < 1.29 is 4.79 Å². The van der Waals surface area contributed by atoms with Crippen LogP contribution in [0.2, 0.25) is 0 Å². The Kier molecular flexibility index (Phi) is 4.15. The molecule has 0 aromatic heterocycles. The molecule has 5 heteroatoms. The zero-order valence-corrected chi connectivity index (χ0v) is 10.2. The molecule has 2 rings (SSSR count). The van der Waals surface area contributed by atoms with Gasteiger partial charge in [0.05, 0.1) is 12.6 Å². The summed E-state index contributed by atoms with van der Waals surface area (Å²) in [6, 6.07) is 11.5. The molecule has 1 aliphatic rings. The van der Waals surface area contributed by atoms with Crippen molar-refractivity contribution in [1.82, 2.24) is 9.80 Å². The monoisotopic (exact) mass is 244 g/mol. The topological polar surface area (TPSA) is 59.4 Å². The van der Waals surface area contributed by atoms with Crippen molar-refractivity contribution in [2.75, 3.05) is 38.0 Å². The normalized spacial score (nSPS) is 16.1. The standard InChI is InChI=1S/C13H16N4O/c14-6-7-16-8-10-17(11-9-16)13(18)15-12-4-2-1-3-5-12/h1-5H,7-11H2,(H,15,18). The van der Waals surface area contributed by atoms with Gasteiger partial charge in [-0.3, -0.25) is 4.90 Å².